The zero-order valence-electron chi connectivity index (χ0n) is 36.7. The Bertz CT molecular complexity index is 2560. The van der Waals surface area contributed by atoms with Crippen molar-refractivity contribution in [3.8, 4) is 0 Å². The number of nitrogens with zero attached hydrogens (tertiary/aromatic N) is 4. The number of anilines is 4. The first-order chi connectivity index (χ1) is 31.4. The summed E-state index contributed by atoms with van der Waals surface area (Å²) in [6, 6.07) is 22.8. The number of carbonyl (C=O) groups excluding carboxylic acids is 6. The highest BCUT2D eigenvalue weighted by Gasteiger charge is 2.27. The summed E-state index contributed by atoms with van der Waals surface area (Å²) in [5.74, 6) is -3.72. The molecule has 5 rings (SSSR count). The molecule has 0 aliphatic carbocycles. The minimum atomic E-state index is -1.59. The van der Waals surface area contributed by atoms with Gasteiger partial charge in [0.25, 0.3) is 23.6 Å². The lowest BCUT2D eigenvalue weighted by molar-refractivity contribution is -0.127. The van der Waals surface area contributed by atoms with Crippen LogP contribution in [-0.2, 0) is 32.0 Å². The third-order valence-corrected chi connectivity index (χ3v) is 11.3. The third-order valence-electron chi connectivity index (χ3n) is 10.1. The summed E-state index contributed by atoms with van der Waals surface area (Å²) in [5.41, 5.74) is 5.19. The van der Waals surface area contributed by atoms with Crippen LogP contribution in [0.15, 0.2) is 118 Å². The van der Waals surface area contributed by atoms with Gasteiger partial charge in [-0.15, -0.1) is 23.2 Å². The second-order valence-corrected chi connectivity index (χ2v) is 17.1. The topological polar surface area (TPSA) is 200 Å². The first-order valence-electron chi connectivity index (χ1n) is 20.7. The van der Waals surface area contributed by atoms with E-state index in [0.717, 1.165) is 11.1 Å². The Kier molecular flexibility index (Phi) is 17.8. The van der Waals surface area contributed by atoms with Crippen LogP contribution in [0.4, 0.5) is 34.1 Å². The Morgan fingerprint density at radius 1 is 0.530 bits per heavy atom. The largest absolute Gasteiger partial charge is 0.323 e. The van der Waals surface area contributed by atoms with Crippen LogP contribution in [0, 0.1) is 0 Å². The molecule has 4 unspecified atom stereocenters. The monoisotopic (exact) mass is 970 g/mol. The number of azo groups is 2. The molecule has 14 nitrogen and oxygen atoms in total. The van der Waals surface area contributed by atoms with E-state index < -0.39 is 47.3 Å². The molecule has 0 aliphatic rings. The molecule has 18 heteroatoms. The van der Waals surface area contributed by atoms with Crippen molar-refractivity contribution < 1.29 is 28.8 Å². The van der Waals surface area contributed by atoms with Crippen molar-refractivity contribution in [1.82, 2.24) is 0 Å². The van der Waals surface area contributed by atoms with E-state index in [1.807, 2.05) is 39.8 Å². The summed E-state index contributed by atoms with van der Waals surface area (Å²) in [6.45, 7) is 9.71. The highest BCUT2D eigenvalue weighted by molar-refractivity contribution is 6.33. The molecule has 342 valence electrons. The molecule has 5 aromatic rings. The van der Waals surface area contributed by atoms with Gasteiger partial charge in [0.1, 0.15) is 11.4 Å². The van der Waals surface area contributed by atoms with Gasteiger partial charge in [-0.3, -0.25) is 28.8 Å². The summed E-state index contributed by atoms with van der Waals surface area (Å²) in [4.78, 5) is 79.1. The van der Waals surface area contributed by atoms with Gasteiger partial charge in [-0.25, -0.2) is 0 Å². The third kappa shape index (κ3) is 13.2. The first-order valence-corrected chi connectivity index (χ1v) is 22.3. The minimum Gasteiger partial charge on any atom is -0.323 e. The second kappa shape index (κ2) is 23.2. The molecular weight excluding hydrogens is 926 g/mol. The van der Waals surface area contributed by atoms with Crippen LogP contribution in [-0.4, -0.2) is 47.3 Å². The van der Waals surface area contributed by atoms with Crippen molar-refractivity contribution in [1.29, 1.82) is 0 Å². The van der Waals surface area contributed by atoms with E-state index in [4.69, 9.17) is 46.4 Å². The molecule has 0 bridgehead atoms. The summed E-state index contributed by atoms with van der Waals surface area (Å²) in [6.07, 6.45) is 0.786. The summed E-state index contributed by atoms with van der Waals surface area (Å²) < 4.78 is 0. The lowest BCUT2D eigenvalue weighted by atomic mass is 9.98. The van der Waals surface area contributed by atoms with Crippen LogP contribution in [0.1, 0.15) is 95.3 Å². The molecule has 0 heterocycles. The molecule has 4 N–H and O–H groups in total. The normalized spacial score (nSPS) is 13.1. The maximum Gasteiger partial charge on any atom is 0.258 e. The van der Waals surface area contributed by atoms with Gasteiger partial charge in [-0.05, 0) is 136 Å². The Morgan fingerprint density at radius 2 is 0.909 bits per heavy atom. The fourth-order valence-electron chi connectivity index (χ4n) is 6.61. The number of carbonyl (C=O) groups is 6. The number of hydrogen-bond donors (Lipinski definition) is 4. The molecule has 66 heavy (non-hydrogen) atoms. The Hall–Kier alpha value is -6.32. The number of halogens is 4. The Morgan fingerprint density at radius 3 is 1.24 bits per heavy atom. The van der Waals surface area contributed by atoms with Crippen molar-refractivity contribution >= 4 is 116 Å². The van der Waals surface area contributed by atoms with Gasteiger partial charge in [0.2, 0.25) is 12.1 Å². The minimum absolute atomic E-state index is 0.0527. The Labute approximate surface area is 402 Å². The van der Waals surface area contributed by atoms with Crippen molar-refractivity contribution in [3.05, 3.63) is 140 Å². The zero-order chi connectivity index (χ0) is 48.2. The molecule has 4 amide bonds. The molecule has 0 aliphatic heterocycles. The van der Waals surface area contributed by atoms with Crippen LogP contribution in [0.3, 0.4) is 0 Å². The molecule has 0 radical (unpaired) electrons. The van der Waals surface area contributed by atoms with E-state index in [1.54, 1.807) is 48.5 Å². The lowest BCUT2D eigenvalue weighted by Crippen LogP contribution is -2.33. The number of Topliss-reactive ketones (excluding diaryl/α,β-unsaturated/α-hetero) is 2. The molecule has 0 saturated carbocycles. The second-order valence-electron chi connectivity index (χ2n) is 15.0. The number of rotatable bonds is 18. The molecular formula is C48H46Cl4N8O6. The number of hydrogen-bond acceptors (Lipinski definition) is 10. The van der Waals surface area contributed by atoms with E-state index in [0.29, 0.717) is 46.7 Å². The summed E-state index contributed by atoms with van der Waals surface area (Å²) >= 11 is 25.2. The van der Waals surface area contributed by atoms with Gasteiger partial charge in [-0.2, -0.15) is 20.5 Å². The zero-order valence-corrected chi connectivity index (χ0v) is 39.7. The van der Waals surface area contributed by atoms with E-state index >= 15 is 0 Å². The Balaban J connectivity index is 1.30. The molecule has 4 atom stereocenters. The average molecular weight is 973 g/mol. The molecule has 5 aromatic carbocycles. The standard InChI is InChI=1S/C48H46Cl4N8O6/c1-7-35-36(8-2)40(56-48(66)44(28(6)62)60-58-42-24-32(16-18-38(42)52)46(64)54-34-14-10-12-30(22-34)26(4)50)20-19-39(35)55-47(65)43(27(5)61)59-57-41-23-31(15-17-37(41)51)45(63)53-33-13-9-11-29(21-33)25(3)49/h9-26,43-44H,7-8H2,1-6H3,(H,53,63)(H,54,64)(H,55,65)(H,56,66). The smallest absolute Gasteiger partial charge is 0.258 e. The number of ketones is 2. The predicted octanol–water partition coefficient (Wildman–Crippen LogP) is 12.6. The maximum absolute atomic E-state index is 13.6. The van der Waals surface area contributed by atoms with E-state index in [2.05, 4.69) is 41.7 Å². The molecule has 0 spiro atoms. The van der Waals surface area contributed by atoms with Crippen LogP contribution in [0.25, 0.3) is 0 Å². The quantitative estimate of drug-likeness (QED) is 0.0382. The van der Waals surface area contributed by atoms with Crippen molar-refractivity contribution in [3.63, 3.8) is 0 Å². The van der Waals surface area contributed by atoms with Crippen LogP contribution in [0.2, 0.25) is 10.0 Å². The van der Waals surface area contributed by atoms with Gasteiger partial charge in [-0.1, -0.05) is 61.3 Å². The highest BCUT2D eigenvalue weighted by Crippen LogP contribution is 2.32. The molecule has 0 aromatic heterocycles. The van der Waals surface area contributed by atoms with Gasteiger partial charge in [0, 0.05) is 33.9 Å². The fourth-order valence-corrected chi connectivity index (χ4v) is 7.19. The van der Waals surface area contributed by atoms with Crippen LogP contribution < -0.4 is 21.3 Å². The number of amides is 4. The van der Waals surface area contributed by atoms with Crippen molar-refractivity contribution in [2.75, 3.05) is 21.3 Å². The van der Waals surface area contributed by atoms with Crippen molar-refractivity contribution in [2.45, 2.75) is 77.2 Å². The van der Waals surface area contributed by atoms with Crippen LogP contribution >= 0.6 is 46.4 Å². The lowest BCUT2D eigenvalue weighted by Gasteiger charge is -2.20. The maximum atomic E-state index is 13.6. The summed E-state index contributed by atoms with van der Waals surface area (Å²) in [5, 5.41) is 27.1. The van der Waals surface area contributed by atoms with Gasteiger partial charge >= 0.3 is 0 Å². The number of nitrogens with one attached hydrogen (secondary N) is 4. The predicted molar refractivity (Wildman–Crippen MR) is 261 cm³/mol. The fraction of sp³-hybridized carbons (Fsp3) is 0.250. The number of alkyl halides is 2. The van der Waals surface area contributed by atoms with Gasteiger partial charge in [0.05, 0.1) is 20.8 Å². The number of benzene rings is 5. The van der Waals surface area contributed by atoms with E-state index in [9.17, 15) is 28.8 Å². The SMILES string of the molecule is CCc1c(NC(=O)C(N=Nc2cc(C(=O)Nc3cccc(C(C)Cl)c3)ccc2Cl)C(C)=O)ccc(NC(=O)C(N=Nc2cc(C(=O)Nc3cccc(C(C)Cl)c3)ccc2Cl)C(C)=O)c1CC. The highest BCUT2D eigenvalue weighted by atomic mass is 35.5. The van der Waals surface area contributed by atoms with E-state index in [1.165, 1.54) is 50.2 Å². The van der Waals surface area contributed by atoms with E-state index in [-0.39, 0.29) is 43.3 Å². The average Bonchev–Trinajstić information content (AvgIpc) is 3.27. The first kappa shape index (κ1) is 50.7. The van der Waals surface area contributed by atoms with Gasteiger partial charge < -0.3 is 21.3 Å². The van der Waals surface area contributed by atoms with Crippen LogP contribution in [0.5, 0.6) is 0 Å². The summed E-state index contributed by atoms with van der Waals surface area (Å²) in [7, 11) is 0. The van der Waals surface area contributed by atoms with Crippen molar-refractivity contribution in [2.24, 2.45) is 20.5 Å². The van der Waals surface area contributed by atoms with Gasteiger partial charge in [0.15, 0.2) is 11.6 Å². The molecule has 0 saturated heterocycles. The molecule has 0 fully saturated rings.